The first-order valence-corrected chi connectivity index (χ1v) is 38.1. The van der Waals surface area contributed by atoms with E-state index < -0.39 is 32.5 Å². The normalized spacial score (nSPS) is 14.2. The van der Waals surface area contributed by atoms with Crippen LogP contribution in [0.3, 0.4) is 0 Å². The van der Waals surface area contributed by atoms with Gasteiger partial charge in [0.05, 0.1) is 13.2 Å². The third-order valence-corrected chi connectivity index (χ3v) is 15.6. The van der Waals surface area contributed by atoms with Gasteiger partial charge in [-0.1, -0.05) is 317 Å². The summed E-state index contributed by atoms with van der Waals surface area (Å²) in [4.78, 5) is 35.4. The van der Waals surface area contributed by atoms with Crippen molar-refractivity contribution < 1.29 is 37.6 Å². The molecule has 0 aliphatic heterocycles. The average Bonchev–Trinajstić information content (AvgIpc) is 3.70. The zero-order valence-electron chi connectivity index (χ0n) is 58.6. The van der Waals surface area contributed by atoms with Gasteiger partial charge < -0.3 is 20.1 Å². The summed E-state index contributed by atoms with van der Waals surface area (Å²) in [5, 5.41) is 0. The van der Waals surface area contributed by atoms with E-state index in [1.165, 1.54) is 77.0 Å². The zero-order chi connectivity index (χ0) is 67.2. The molecule has 3 N–H and O–H groups in total. The van der Waals surface area contributed by atoms with Gasteiger partial charge in [-0.25, -0.2) is 4.57 Å². The molecule has 0 aliphatic rings. The van der Waals surface area contributed by atoms with Crippen LogP contribution in [0.2, 0.25) is 0 Å². The van der Waals surface area contributed by atoms with Crippen molar-refractivity contribution in [1.29, 1.82) is 0 Å². The Kier molecular flexibility index (Phi) is 71.2. The quantitative estimate of drug-likeness (QED) is 0.0264. The van der Waals surface area contributed by atoms with E-state index in [4.69, 9.17) is 24.3 Å². The molecule has 0 aromatic carbocycles. The molecule has 0 fully saturated rings. The Morgan fingerprint density at radius 1 is 0.323 bits per heavy atom. The number of carbonyl (C=O) groups excluding carboxylic acids is 2. The van der Waals surface area contributed by atoms with Gasteiger partial charge in [-0.3, -0.25) is 18.6 Å². The molecule has 0 aliphatic carbocycles. The van der Waals surface area contributed by atoms with E-state index in [0.717, 1.165) is 161 Å². The first kappa shape index (κ1) is 87.6. The Morgan fingerprint density at radius 3 is 0.828 bits per heavy atom. The van der Waals surface area contributed by atoms with Crippen LogP contribution < -0.4 is 5.73 Å². The monoisotopic (exact) mass is 1300 g/mol. The third kappa shape index (κ3) is 75.5. The summed E-state index contributed by atoms with van der Waals surface area (Å²) in [6.07, 6.45) is 116. The van der Waals surface area contributed by atoms with Crippen LogP contribution >= 0.6 is 7.82 Å². The molecular formula is C83H132NO8P. The molecule has 0 rings (SSSR count). The van der Waals surface area contributed by atoms with Gasteiger partial charge in [-0.2, -0.15) is 0 Å². The van der Waals surface area contributed by atoms with E-state index >= 15 is 0 Å². The molecule has 10 heteroatoms. The number of ether oxygens (including phenoxy) is 2. The Morgan fingerprint density at radius 2 is 0.559 bits per heavy atom. The molecule has 0 saturated heterocycles. The molecule has 522 valence electrons. The number of esters is 2. The Hall–Kier alpha value is -5.41. The molecule has 0 saturated carbocycles. The molecule has 0 aromatic rings. The van der Waals surface area contributed by atoms with Gasteiger partial charge in [0.2, 0.25) is 0 Å². The average molecular weight is 1300 g/mol. The summed E-state index contributed by atoms with van der Waals surface area (Å²) in [6.45, 7) is 3.47. The lowest BCUT2D eigenvalue weighted by atomic mass is 10.0. The fraction of sp³-hybridized carbons (Fsp3) is 0.566. The fourth-order valence-electron chi connectivity index (χ4n) is 9.35. The summed E-state index contributed by atoms with van der Waals surface area (Å²) >= 11 is 0. The summed E-state index contributed by atoms with van der Waals surface area (Å²) in [6, 6.07) is 0. The van der Waals surface area contributed by atoms with Crippen molar-refractivity contribution in [2.75, 3.05) is 26.4 Å². The van der Waals surface area contributed by atoms with Crippen LogP contribution in [0.15, 0.2) is 207 Å². The van der Waals surface area contributed by atoms with Gasteiger partial charge in [0.25, 0.3) is 0 Å². The summed E-state index contributed by atoms with van der Waals surface area (Å²) in [5.74, 6) is -0.868. The number of phosphoric ester groups is 1. The van der Waals surface area contributed by atoms with Crippen LogP contribution in [0, 0.1) is 0 Å². The second-order valence-electron chi connectivity index (χ2n) is 23.3. The topological polar surface area (TPSA) is 134 Å². The SMILES string of the molecule is CC/C=C\C/C=C\C/C=C\C/C=C\C/C=C\C/C=C\C/C=C\C/C=C\C/C=C\C/C=C\CCCCCCC(=O)OC(COC(=O)CCCCCCCCCCCCCCCCC/C=C\C/C=C\C/C=C\C/C=C\C/C=C\C/C=C\C/C=C\CC)COP(=O)(O)OCCN. The summed E-state index contributed by atoms with van der Waals surface area (Å²) < 4.78 is 33.2. The third-order valence-electron chi connectivity index (χ3n) is 14.7. The van der Waals surface area contributed by atoms with Crippen molar-refractivity contribution in [3.05, 3.63) is 207 Å². The molecule has 0 amide bonds. The van der Waals surface area contributed by atoms with E-state index in [-0.39, 0.29) is 32.6 Å². The predicted octanol–water partition coefficient (Wildman–Crippen LogP) is 24.6. The van der Waals surface area contributed by atoms with Crippen molar-refractivity contribution in [2.45, 2.75) is 277 Å². The number of carbonyl (C=O) groups is 2. The van der Waals surface area contributed by atoms with E-state index in [2.05, 4.69) is 220 Å². The number of hydrogen-bond donors (Lipinski definition) is 2. The zero-order valence-corrected chi connectivity index (χ0v) is 59.5. The second-order valence-corrected chi connectivity index (χ2v) is 24.8. The summed E-state index contributed by atoms with van der Waals surface area (Å²) in [5.41, 5.74) is 5.40. The van der Waals surface area contributed by atoms with Crippen molar-refractivity contribution in [1.82, 2.24) is 0 Å². The minimum Gasteiger partial charge on any atom is -0.462 e. The first-order valence-electron chi connectivity index (χ1n) is 36.6. The van der Waals surface area contributed by atoms with E-state index in [1.54, 1.807) is 0 Å². The molecular weight excluding hydrogens is 1170 g/mol. The number of allylic oxidation sites excluding steroid dienone is 34. The highest BCUT2D eigenvalue weighted by atomic mass is 31.2. The van der Waals surface area contributed by atoms with Crippen LogP contribution in [0.25, 0.3) is 0 Å². The molecule has 0 bridgehead atoms. The molecule has 9 nitrogen and oxygen atoms in total. The molecule has 2 unspecified atom stereocenters. The lowest BCUT2D eigenvalue weighted by Crippen LogP contribution is -2.29. The molecule has 0 aromatic heterocycles. The van der Waals surface area contributed by atoms with Gasteiger partial charge in [0.1, 0.15) is 6.61 Å². The van der Waals surface area contributed by atoms with Gasteiger partial charge in [0.15, 0.2) is 6.10 Å². The van der Waals surface area contributed by atoms with Crippen LogP contribution in [0.5, 0.6) is 0 Å². The minimum absolute atomic E-state index is 0.0389. The maximum Gasteiger partial charge on any atom is 0.472 e. The Bertz CT molecular complexity index is 2280. The summed E-state index contributed by atoms with van der Waals surface area (Å²) in [7, 11) is -4.42. The highest BCUT2D eigenvalue weighted by molar-refractivity contribution is 7.47. The van der Waals surface area contributed by atoms with Crippen molar-refractivity contribution in [3.8, 4) is 0 Å². The largest absolute Gasteiger partial charge is 0.472 e. The smallest absolute Gasteiger partial charge is 0.462 e. The van der Waals surface area contributed by atoms with Crippen LogP contribution in [0.4, 0.5) is 0 Å². The van der Waals surface area contributed by atoms with Crippen LogP contribution in [-0.2, 0) is 32.7 Å². The van der Waals surface area contributed by atoms with E-state index in [9.17, 15) is 19.0 Å². The van der Waals surface area contributed by atoms with Crippen molar-refractivity contribution in [2.24, 2.45) is 5.73 Å². The number of hydrogen-bond acceptors (Lipinski definition) is 8. The highest BCUT2D eigenvalue weighted by Crippen LogP contribution is 2.43. The Labute approximate surface area is 569 Å². The number of phosphoric acid groups is 1. The van der Waals surface area contributed by atoms with Gasteiger partial charge >= 0.3 is 19.8 Å². The van der Waals surface area contributed by atoms with E-state index in [1.807, 2.05) is 0 Å². The molecule has 0 spiro atoms. The maximum atomic E-state index is 12.8. The van der Waals surface area contributed by atoms with Crippen molar-refractivity contribution in [3.63, 3.8) is 0 Å². The van der Waals surface area contributed by atoms with Crippen molar-refractivity contribution >= 4 is 19.8 Å². The van der Waals surface area contributed by atoms with Crippen LogP contribution in [0.1, 0.15) is 271 Å². The number of unbranched alkanes of at least 4 members (excludes halogenated alkanes) is 19. The highest BCUT2D eigenvalue weighted by Gasteiger charge is 2.26. The fourth-order valence-corrected chi connectivity index (χ4v) is 10.1. The van der Waals surface area contributed by atoms with Gasteiger partial charge in [-0.05, 0) is 148 Å². The second kappa shape index (κ2) is 75.6. The number of rotatable bonds is 66. The van der Waals surface area contributed by atoms with E-state index in [0.29, 0.717) is 6.42 Å². The Balaban J connectivity index is 3.99. The molecule has 2 atom stereocenters. The first-order chi connectivity index (χ1) is 45.8. The maximum absolute atomic E-state index is 12.8. The lowest BCUT2D eigenvalue weighted by molar-refractivity contribution is -0.161. The lowest BCUT2D eigenvalue weighted by Gasteiger charge is -2.19. The molecule has 0 heterocycles. The molecule has 0 radical (unpaired) electrons. The molecule has 93 heavy (non-hydrogen) atoms. The predicted molar refractivity (Wildman–Crippen MR) is 403 cm³/mol. The minimum atomic E-state index is -4.42. The van der Waals surface area contributed by atoms with Gasteiger partial charge in [0, 0.05) is 19.4 Å². The number of nitrogens with two attached hydrogens (primary N) is 1. The van der Waals surface area contributed by atoms with Crippen LogP contribution in [-0.4, -0.2) is 49.3 Å². The van der Waals surface area contributed by atoms with Gasteiger partial charge in [-0.15, -0.1) is 0 Å². The standard InChI is InChI=1S/C83H132NO8P/c1-3-5-7-9-11-13-15-17-19-21-23-25-27-29-31-33-35-37-39-40-42-43-45-47-49-51-53-55-57-59-61-63-65-67-69-71-73-75-82(85)89-79-81(80-91-93(87,88)90-78-77-84)92-83(86)76-74-72-70-68-66-64-62-60-58-56-54-52-50-48-46-44-41-38-36-34-32-30-28-26-24-22-20-18-16-14-12-10-8-6-4-2/h5-8,11-14,17-20,23-26,29-32,35-38,40,42,44,46,50,52,56,58,62,64,81H,3-4,9-10,15-16,21-22,27-28,33-34,39,41,43,45,47-49,51,53-55,57,59-61,63,65-80,84H2,1-2H3,(H,87,88)/b7-5-,8-6-,13-11-,14-12-,19-17-,20-18-,25-23-,26-24-,31-29-,32-30-,37-35-,38-36-,42-40-,46-44-,52-50-,58-56-,64-62-.